The van der Waals surface area contributed by atoms with E-state index in [4.69, 9.17) is 10.2 Å². The Balaban J connectivity index is 3.74. The summed E-state index contributed by atoms with van der Waals surface area (Å²) in [6.45, 7) is 4.99. The molecule has 0 heterocycles. The zero-order valence-corrected chi connectivity index (χ0v) is 8.56. The van der Waals surface area contributed by atoms with Crippen LogP contribution in [-0.2, 0) is 4.79 Å². The first kappa shape index (κ1) is 13.4. The van der Waals surface area contributed by atoms with E-state index in [1.54, 1.807) is 13.0 Å². The van der Waals surface area contributed by atoms with Crippen LogP contribution in [0.5, 0.6) is 0 Å². The summed E-state index contributed by atoms with van der Waals surface area (Å²) in [5.41, 5.74) is 0. The fourth-order valence-corrected chi connectivity index (χ4v) is 0.860. The van der Waals surface area contributed by atoms with Crippen molar-refractivity contribution in [3.8, 4) is 0 Å². The van der Waals surface area contributed by atoms with Gasteiger partial charge in [-0.05, 0) is 13.3 Å². The van der Waals surface area contributed by atoms with Crippen LogP contribution in [-0.4, -0.2) is 40.9 Å². The first-order chi connectivity index (χ1) is 6.97. The molecule has 0 saturated heterocycles. The number of aliphatic hydroxyl groups is 1. The van der Waals surface area contributed by atoms with Crippen LogP contribution < -0.4 is 10.6 Å². The van der Waals surface area contributed by atoms with Gasteiger partial charge in [0.25, 0.3) is 0 Å². The molecule has 4 N–H and O–H groups in total. The number of nitrogens with one attached hydrogen (secondary N) is 2. The van der Waals surface area contributed by atoms with E-state index in [0.717, 1.165) is 0 Å². The summed E-state index contributed by atoms with van der Waals surface area (Å²) in [4.78, 5) is 21.3. The number of carbonyl (C=O) groups excluding carboxylic acids is 1. The van der Waals surface area contributed by atoms with Crippen LogP contribution >= 0.6 is 0 Å². The van der Waals surface area contributed by atoms with Gasteiger partial charge in [0.15, 0.2) is 6.10 Å². The molecule has 0 radical (unpaired) electrons. The Morgan fingerprint density at radius 2 is 2.13 bits per heavy atom. The zero-order valence-electron chi connectivity index (χ0n) is 8.56. The lowest BCUT2D eigenvalue weighted by Crippen LogP contribution is -2.44. The third-order valence-electron chi connectivity index (χ3n) is 1.64. The molecule has 0 bridgehead atoms. The van der Waals surface area contributed by atoms with Gasteiger partial charge in [-0.15, -0.1) is 6.58 Å². The molecule has 2 amide bonds. The topological polar surface area (TPSA) is 98.7 Å². The van der Waals surface area contributed by atoms with Gasteiger partial charge in [-0.2, -0.15) is 0 Å². The molecular formula is C9H16N2O4. The van der Waals surface area contributed by atoms with E-state index in [1.807, 2.05) is 0 Å². The number of rotatable bonds is 6. The molecule has 0 aliphatic heterocycles. The Morgan fingerprint density at radius 1 is 1.53 bits per heavy atom. The summed E-state index contributed by atoms with van der Waals surface area (Å²) in [6, 6.07) is -0.589. The lowest BCUT2D eigenvalue weighted by Gasteiger charge is -2.13. The van der Waals surface area contributed by atoms with Gasteiger partial charge in [-0.1, -0.05) is 6.08 Å². The van der Waals surface area contributed by atoms with Crippen molar-refractivity contribution in [2.45, 2.75) is 25.5 Å². The smallest absolute Gasteiger partial charge is 0.334 e. The molecule has 86 valence electrons. The molecule has 15 heavy (non-hydrogen) atoms. The average Bonchev–Trinajstić information content (AvgIpc) is 2.14. The molecule has 0 fully saturated rings. The number of amides is 2. The van der Waals surface area contributed by atoms with Crippen molar-refractivity contribution >= 4 is 12.0 Å². The maximum absolute atomic E-state index is 11.1. The highest BCUT2D eigenvalue weighted by atomic mass is 16.4. The highest BCUT2D eigenvalue weighted by molar-refractivity contribution is 5.76. The standard InChI is InChI=1S/C9H16N2O4/c1-3-4-6(2)11-9(15)10-5-7(12)8(13)14/h3,6-7,12H,1,4-5H2,2H3,(H,13,14)(H2,10,11,15). The highest BCUT2D eigenvalue weighted by Crippen LogP contribution is 1.89. The third-order valence-corrected chi connectivity index (χ3v) is 1.64. The summed E-state index contributed by atoms with van der Waals surface area (Å²) in [6.07, 6.45) is 0.705. The molecule has 0 rings (SSSR count). The number of hydrogen-bond acceptors (Lipinski definition) is 3. The second kappa shape index (κ2) is 6.83. The van der Waals surface area contributed by atoms with Crippen LogP contribution in [0.3, 0.4) is 0 Å². The summed E-state index contributed by atoms with van der Waals surface area (Å²) in [5, 5.41) is 22.0. The fourth-order valence-electron chi connectivity index (χ4n) is 0.860. The van der Waals surface area contributed by atoms with Gasteiger partial charge in [0.1, 0.15) is 0 Å². The number of aliphatic hydroxyl groups excluding tert-OH is 1. The number of hydrogen-bond donors (Lipinski definition) is 4. The second-order valence-corrected chi connectivity index (χ2v) is 3.13. The number of carboxylic acids is 1. The Morgan fingerprint density at radius 3 is 2.60 bits per heavy atom. The minimum absolute atomic E-state index is 0.0792. The van der Waals surface area contributed by atoms with E-state index in [1.165, 1.54) is 0 Å². The van der Waals surface area contributed by atoms with Crippen molar-refractivity contribution in [3.63, 3.8) is 0 Å². The highest BCUT2D eigenvalue weighted by Gasteiger charge is 2.14. The van der Waals surface area contributed by atoms with Crippen LogP contribution in [0, 0.1) is 0 Å². The van der Waals surface area contributed by atoms with Crippen LogP contribution in [0.4, 0.5) is 4.79 Å². The third kappa shape index (κ3) is 6.50. The molecule has 0 aromatic rings. The lowest BCUT2D eigenvalue weighted by molar-refractivity contribution is -0.146. The normalized spacial score (nSPS) is 13.7. The predicted molar refractivity (Wildman–Crippen MR) is 54.5 cm³/mol. The molecule has 0 saturated carbocycles. The fraction of sp³-hybridized carbons (Fsp3) is 0.556. The van der Waals surface area contributed by atoms with Crippen LogP contribution in [0.25, 0.3) is 0 Å². The first-order valence-electron chi connectivity index (χ1n) is 4.53. The number of carboxylic acid groups (broad SMARTS) is 1. The minimum Gasteiger partial charge on any atom is -0.479 e. The van der Waals surface area contributed by atoms with Crippen LogP contribution in [0.2, 0.25) is 0 Å². The summed E-state index contributed by atoms with van der Waals surface area (Å²) < 4.78 is 0. The largest absolute Gasteiger partial charge is 0.479 e. The van der Waals surface area contributed by atoms with E-state index < -0.39 is 18.1 Å². The molecule has 0 spiro atoms. The van der Waals surface area contributed by atoms with Crippen molar-refractivity contribution in [1.82, 2.24) is 10.6 Å². The Labute approximate surface area is 88.0 Å². The molecule has 0 aromatic carbocycles. The van der Waals surface area contributed by atoms with Gasteiger partial charge in [0.05, 0.1) is 6.54 Å². The van der Waals surface area contributed by atoms with E-state index >= 15 is 0 Å². The van der Waals surface area contributed by atoms with Crippen LogP contribution in [0.15, 0.2) is 12.7 Å². The summed E-state index contributed by atoms with van der Waals surface area (Å²) in [7, 11) is 0. The quantitative estimate of drug-likeness (QED) is 0.458. The SMILES string of the molecule is C=CCC(C)NC(=O)NCC(O)C(=O)O. The molecule has 0 aromatic heterocycles. The second-order valence-electron chi connectivity index (χ2n) is 3.13. The number of urea groups is 1. The van der Waals surface area contributed by atoms with E-state index in [-0.39, 0.29) is 12.6 Å². The van der Waals surface area contributed by atoms with E-state index in [0.29, 0.717) is 6.42 Å². The maximum atomic E-state index is 11.1. The predicted octanol–water partition coefficient (Wildman–Crippen LogP) is -0.304. The van der Waals surface area contributed by atoms with Gasteiger partial charge >= 0.3 is 12.0 Å². The molecular weight excluding hydrogens is 200 g/mol. The van der Waals surface area contributed by atoms with Gasteiger partial charge in [-0.3, -0.25) is 0 Å². The van der Waals surface area contributed by atoms with Crippen molar-refractivity contribution in [3.05, 3.63) is 12.7 Å². The summed E-state index contributed by atoms with van der Waals surface area (Å²) >= 11 is 0. The van der Waals surface area contributed by atoms with Gasteiger partial charge in [0, 0.05) is 6.04 Å². The lowest BCUT2D eigenvalue weighted by atomic mass is 10.2. The molecule has 0 aliphatic carbocycles. The van der Waals surface area contributed by atoms with Crippen molar-refractivity contribution in [2.24, 2.45) is 0 Å². The van der Waals surface area contributed by atoms with Gasteiger partial charge < -0.3 is 20.8 Å². The van der Waals surface area contributed by atoms with Crippen molar-refractivity contribution < 1.29 is 19.8 Å². The first-order valence-corrected chi connectivity index (χ1v) is 4.53. The van der Waals surface area contributed by atoms with Crippen LogP contribution in [0.1, 0.15) is 13.3 Å². The van der Waals surface area contributed by atoms with E-state index in [2.05, 4.69) is 17.2 Å². The monoisotopic (exact) mass is 216 g/mol. The van der Waals surface area contributed by atoms with Crippen molar-refractivity contribution in [2.75, 3.05) is 6.54 Å². The number of aliphatic carboxylic acids is 1. The maximum Gasteiger partial charge on any atom is 0.334 e. The number of carbonyl (C=O) groups is 2. The Hall–Kier alpha value is -1.56. The Bertz CT molecular complexity index is 242. The summed E-state index contributed by atoms with van der Waals surface area (Å²) in [5.74, 6) is -1.37. The molecule has 6 heteroatoms. The average molecular weight is 216 g/mol. The zero-order chi connectivity index (χ0) is 11.8. The van der Waals surface area contributed by atoms with Gasteiger partial charge in [-0.25, -0.2) is 9.59 Å². The molecule has 2 unspecified atom stereocenters. The van der Waals surface area contributed by atoms with Gasteiger partial charge in [0.2, 0.25) is 0 Å². The Kier molecular flexibility index (Phi) is 6.12. The minimum atomic E-state index is -1.58. The molecule has 0 aliphatic rings. The van der Waals surface area contributed by atoms with E-state index in [9.17, 15) is 9.59 Å². The van der Waals surface area contributed by atoms with Crippen molar-refractivity contribution in [1.29, 1.82) is 0 Å². The molecule has 6 nitrogen and oxygen atoms in total. The molecule has 2 atom stereocenters.